The van der Waals surface area contributed by atoms with E-state index < -0.39 is 12.0 Å². The highest BCUT2D eigenvalue weighted by molar-refractivity contribution is 5.84. The van der Waals surface area contributed by atoms with Crippen molar-refractivity contribution < 1.29 is 14.7 Å². The highest BCUT2D eigenvalue weighted by Gasteiger charge is 2.26. The molecule has 18 heavy (non-hydrogen) atoms. The second kappa shape index (κ2) is 8.11. The Morgan fingerprint density at radius 2 is 1.61 bits per heavy atom. The molecule has 1 amide bonds. The monoisotopic (exact) mass is 257 g/mol. The van der Waals surface area contributed by atoms with Crippen LogP contribution in [-0.2, 0) is 9.59 Å². The van der Waals surface area contributed by atoms with Gasteiger partial charge in [-0.05, 0) is 18.3 Å². The number of carbonyl (C=O) groups excluding carboxylic acids is 1. The number of amides is 1. The lowest BCUT2D eigenvalue weighted by Crippen LogP contribution is -2.45. The molecule has 0 rings (SSSR count). The fourth-order valence-corrected chi connectivity index (χ4v) is 2.21. The van der Waals surface area contributed by atoms with Crippen molar-refractivity contribution in [1.82, 2.24) is 5.32 Å². The van der Waals surface area contributed by atoms with Gasteiger partial charge in [-0.1, -0.05) is 47.5 Å². The maximum atomic E-state index is 12.0. The first kappa shape index (κ1) is 16.9. The molecule has 0 fully saturated rings. The van der Waals surface area contributed by atoms with Crippen molar-refractivity contribution in [1.29, 1.82) is 0 Å². The van der Waals surface area contributed by atoms with Crippen molar-refractivity contribution in [2.45, 2.75) is 59.9 Å². The van der Waals surface area contributed by atoms with Crippen LogP contribution < -0.4 is 5.32 Å². The van der Waals surface area contributed by atoms with Crippen LogP contribution in [0.3, 0.4) is 0 Å². The first-order valence-corrected chi connectivity index (χ1v) is 6.86. The first-order chi connectivity index (χ1) is 8.33. The molecule has 0 aromatic heterocycles. The molecule has 0 bridgehead atoms. The Morgan fingerprint density at radius 1 is 1.11 bits per heavy atom. The molecule has 4 nitrogen and oxygen atoms in total. The summed E-state index contributed by atoms with van der Waals surface area (Å²) in [6.07, 6.45) is 2.34. The van der Waals surface area contributed by atoms with Gasteiger partial charge in [-0.2, -0.15) is 0 Å². The summed E-state index contributed by atoms with van der Waals surface area (Å²) in [5.41, 5.74) is 0. The molecule has 0 radical (unpaired) electrons. The molecule has 2 atom stereocenters. The molecule has 106 valence electrons. The molecular weight excluding hydrogens is 230 g/mol. The molecule has 0 aromatic carbocycles. The van der Waals surface area contributed by atoms with Gasteiger partial charge in [0.1, 0.15) is 6.04 Å². The number of carbonyl (C=O) groups is 2. The summed E-state index contributed by atoms with van der Waals surface area (Å²) >= 11 is 0. The minimum Gasteiger partial charge on any atom is -0.480 e. The fourth-order valence-electron chi connectivity index (χ4n) is 2.21. The smallest absolute Gasteiger partial charge is 0.326 e. The Hall–Kier alpha value is -1.06. The number of rotatable bonds is 8. The number of carboxylic acids is 1. The largest absolute Gasteiger partial charge is 0.480 e. The first-order valence-electron chi connectivity index (χ1n) is 6.86. The predicted octanol–water partition coefficient (Wildman–Crippen LogP) is 2.67. The molecule has 0 aliphatic carbocycles. The average molecular weight is 257 g/mol. The Labute approximate surface area is 110 Å². The molecule has 4 heteroatoms. The zero-order valence-electron chi connectivity index (χ0n) is 12.2. The van der Waals surface area contributed by atoms with E-state index in [1.165, 1.54) is 0 Å². The lowest BCUT2D eigenvalue weighted by atomic mass is 9.88. The molecule has 0 saturated heterocycles. The summed E-state index contributed by atoms with van der Waals surface area (Å²) in [7, 11) is 0. The molecule has 0 spiro atoms. The van der Waals surface area contributed by atoms with Gasteiger partial charge in [0.25, 0.3) is 0 Å². The Bertz CT molecular complexity index is 272. The van der Waals surface area contributed by atoms with Gasteiger partial charge < -0.3 is 10.4 Å². The third-order valence-electron chi connectivity index (χ3n) is 3.49. The van der Waals surface area contributed by atoms with Crippen molar-refractivity contribution >= 4 is 11.9 Å². The van der Waals surface area contributed by atoms with E-state index in [9.17, 15) is 9.59 Å². The van der Waals surface area contributed by atoms with Gasteiger partial charge in [0, 0.05) is 5.92 Å². The molecule has 2 N–H and O–H groups in total. The quantitative estimate of drug-likeness (QED) is 0.702. The van der Waals surface area contributed by atoms with Gasteiger partial charge in [0.15, 0.2) is 0 Å². The van der Waals surface area contributed by atoms with Gasteiger partial charge in [-0.25, -0.2) is 4.79 Å². The Balaban J connectivity index is 4.54. The third kappa shape index (κ3) is 5.52. The highest BCUT2D eigenvalue weighted by Crippen LogP contribution is 2.19. The molecule has 1 unspecified atom stereocenters. The number of hydrogen-bond acceptors (Lipinski definition) is 2. The summed E-state index contributed by atoms with van der Waals surface area (Å²) in [4.78, 5) is 23.1. The van der Waals surface area contributed by atoms with Gasteiger partial charge >= 0.3 is 5.97 Å². The molecular formula is C14H27NO3. The molecule has 0 heterocycles. The number of hydrogen-bond donors (Lipinski definition) is 2. The van der Waals surface area contributed by atoms with Crippen LogP contribution in [0.25, 0.3) is 0 Å². The average Bonchev–Trinajstić information content (AvgIpc) is 2.28. The lowest BCUT2D eigenvalue weighted by Gasteiger charge is -2.23. The van der Waals surface area contributed by atoms with Gasteiger partial charge in [-0.15, -0.1) is 0 Å². The lowest BCUT2D eigenvalue weighted by molar-refractivity contribution is -0.143. The number of carboxylic acid groups (broad SMARTS) is 1. The molecule has 0 saturated carbocycles. The van der Waals surface area contributed by atoms with Crippen molar-refractivity contribution in [2.75, 3.05) is 0 Å². The summed E-state index contributed by atoms with van der Waals surface area (Å²) in [5, 5.41) is 11.7. The third-order valence-corrected chi connectivity index (χ3v) is 3.49. The van der Waals surface area contributed by atoms with Crippen LogP contribution in [-0.4, -0.2) is 23.0 Å². The number of aliphatic carboxylic acids is 1. The maximum Gasteiger partial charge on any atom is 0.326 e. The van der Waals surface area contributed by atoms with E-state index in [1.807, 2.05) is 20.8 Å². The van der Waals surface area contributed by atoms with E-state index in [1.54, 1.807) is 0 Å². The summed E-state index contributed by atoms with van der Waals surface area (Å²) in [6.45, 7) is 9.89. The Kier molecular flexibility index (Phi) is 7.64. The second-order valence-corrected chi connectivity index (χ2v) is 5.39. The van der Waals surface area contributed by atoms with Gasteiger partial charge in [0.2, 0.25) is 5.91 Å². The zero-order valence-corrected chi connectivity index (χ0v) is 12.2. The fraction of sp³-hybridized carbons (Fsp3) is 0.857. The normalized spacial score (nSPS) is 14.6. The van der Waals surface area contributed by atoms with Crippen LogP contribution in [0.4, 0.5) is 0 Å². The van der Waals surface area contributed by atoms with Crippen LogP contribution in [0.1, 0.15) is 53.9 Å². The van der Waals surface area contributed by atoms with E-state index in [0.29, 0.717) is 12.3 Å². The van der Waals surface area contributed by atoms with Crippen LogP contribution >= 0.6 is 0 Å². The van der Waals surface area contributed by atoms with E-state index in [-0.39, 0.29) is 17.7 Å². The van der Waals surface area contributed by atoms with Gasteiger partial charge in [-0.3, -0.25) is 4.79 Å². The Morgan fingerprint density at radius 3 is 1.94 bits per heavy atom. The summed E-state index contributed by atoms with van der Waals surface area (Å²) in [6, 6.07) is -0.769. The SMILES string of the molecule is CCC(CC)C(C)C(=O)N[C@@H](CC(C)C)C(=O)O. The van der Waals surface area contributed by atoms with Crippen LogP contribution in [0.2, 0.25) is 0 Å². The van der Waals surface area contributed by atoms with Crippen LogP contribution in [0, 0.1) is 17.8 Å². The van der Waals surface area contributed by atoms with Crippen LogP contribution in [0.15, 0.2) is 0 Å². The molecule has 0 aromatic rings. The topological polar surface area (TPSA) is 66.4 Å². The van der Waals surface area contributed by atoms with Crippen LogP contribution in [0.5, 0.6) is 0 Å². The highest BCUT2D eigenvalue weighted by atomic mass is 16.4. The maximum absolute atomic E-state index is 12.0. The van der Waals surface area contributed by atoms with E-state index >= 15 is 0 Å². The summed E-state index contributed by atoms with van der Waals surface area (Å²) < 4.78 is 0. The van der Waals surface area contributed by atoms with E-state index in [4.69, 9.17) is 5.11 Å². The summed E-state index contributed by atoms with van der Waals surface area (Å²) in [5.74, 6) is -0.659. The van der Waals surface area contributed by atoms with Crippen molar-refractivity contribution in [3.05, 3.63) is 0 Å². The zero-order chi connectivity index (χ0) is 14.3. The minimum absolute atomic E-state index is 0.131. The van der Waals surface area contributed by atoms with E-state index in [0.717, 1.165) is 12.8 Å². The van der Waals surface area contributed by atoms with E-state index in [2.05, 4.69) is 19.2 Å². The van der Waals surface area contributed by atoms with Crippen molar-refractivity contribution in [3.8, 4) is 0 Å². The second-order valence-electron chi connectivity index (χ2n) is 5.39. The predicted molar refractivity (Wildman–Crippen MR) is 72.3 cm³/mol. The van der Waals surface area contributed by atoms with Gasteiger partial charge in [0.05, 0.1) is 0 Å². The molecule has 0 aliphatic heterocycles. The van der Waals surface area contributed by atoms with Crippen molar-refractivity contribution in [3.63, 3.8) is 0 Å². The minimum atomic E-state index is -0.950. The molecule has 0 aliphatic rings. The number of nitrogens with one attached hydrogen (secondary N) is 1. The standard InChI is InChI=1S/C14H27NO3/c1-6-11(7-2)10(5)13(16)15-12(14(17)18)8-9(3)4/h9-12H,6-8H2,1-5H3,(H,15,16)(H,17,18)/t10?,12-/m0/s1. The van der Waals surface area contributed by atoms with Crippen molar-refractivity contribution in [2.24, 2.45) is 17.8 Å².